The zero-order valence-corrected chi connectivity index (χ0v) is 11.6. The second-order valence-electron chi connectivity index (χ2n) is 5.33. The van der Waals surface area contributed by atoms with Crippen molar-refractivity contribution in [1.82, 2.24) is 10.6 Å². The number of fused-ring (bicyclic) bond motifs is 1. The van der Waals surface area contributed by atoms with Gasteiger partial charge >= 0.3 is 5.97 Å². The summed E-state index contributed by atoms with van der Waals surface area (Å²) in [6.07, 6.45) is 0.714. The van der Waals surface area contributed by atoms with E-state index < -0.39 is 5.97 Å². The number of aliphatic carboxylic acids is 1. The summed E-state index contributed by atoms with van der Waals surface area (Å²) >= 11 is 0. The Morgan fingerprint density at radius 3 is 2.85 bits per heavy atom. The van der Waals surface area contributed by atoms with Crippen LogP contribution in [0.2, 0.25) is 0 Å². The van der Waals surface area contributed by atoms with Crippen LogP contribution in [0.15, 0.2) is 18.2 Å². The van der Waals surface area contributed by atoms with E-state index in [2.05, 4.69) is 10.6 Å². The second-order valence-corrected chi connectivity index (χ2v) is 5.33. The molecular weight excluding hydrogens is 256 g/mol. The standard InChI is InChI=1S/C15H20N2O3/c1-10(2-5-14(18)19)7-17-15(20)11-3-4-12-8-16-9-13(12)6-11/h3-4,6,10,16H,2,5,7-9H2,1H3,(H,17,20)(H,18,19). The lowest BCUT2D eigenvalue weighted by Crippen LogP contribution is -2.28. The van der Waals surface area contributed by atoms with Crippen molar-refractivity contribution in [3.8, 4) is 0 Å². The molecular formula is C15H20N2O3. The van der Waals surface area contributed by atoms with E-state index in [1.165, 1.54) is 11.1 Å². The van der Waals surface area contributed by atoms with Crippen molar-refractivity contribution in [2.45, 2.75) is 32.9 Å². The number of benzene rings is 1. The van der Waals surface area contributed by atoms with Crippen LogP contribution in [0.4, 0.5) is 0 Å². The largest absolute Gasteiger partial charge is 0.481 e. The quantitative estimate of drug-likeness (QED) is 0.736. The molecule has 0 bridgehead atoms. The van der Waals surface area contributed by atoms with Gasteiger partial charge in [0, 0.05) is 31.6 Å². The van der Waals surface area contributed by atoms with E-state index in [1.54, 1.807) is 0 Å². The van der Waals surface area contributed by atoms with Crippen LogP contribution in [0.5, 0.6) is 0 Å². The summed E-state index contributed by atoms with van der Waals surface area (Å²) in [6, 6.07) is 5.74. The first-order valence-corrected chi connectivity index (χ1v) is 6.89. The van der Waals surface area contributed by atoms with Crippen molar-refractivity contribution < 1.29 is 14.7 Å². The Morgan fingerprint density at radius 2 is 2.10 bits per heavy atom. The number of carboxylic acids is 1. The lowest BCUT2D eigenvalue weighted by molar-refractivity contribution is -0.137. The minimum Gasteiger partial charge on any atom is -0.481 e. The van der Waals surface area contributed by atoms with Crippen molar-refractivity contribution in [3.05, 3.63) is 34.9 Å². The Hall–Kier alpha value is -1.88. The van der Waals surface area contributed by atoms with E-state index >= 15 is 0 Å². The summed E-state index contributed by atoms with van der Waals surface area (Å²) in [5.74, 6) is -0.734. The fourth-order valence-electron chi connectivity index (χ4n) is 2.28. The average Bonchev–Trinajstić information content (AvgIpc) is 2.89. The predicted octanol–water partition coefficient (Wildman–Crippen LogP) is 1.52. The highest BCUT2D eigenvalue weighted by Crippen LogP contribution is 2.17. The van der Waals surface area contributed by atoms with Crippen LogP contribution in [0, 0.1) is 5.92 Å². The van der Waals surface area contributed by atoms with Crippen LogP contribution in [-0.4, -0.2) is 23.5 Å². The second kappa shape index (κ2) is 6.52. The topological polar surface area (TPSA) is 78.4 Å². The van der Waals surface area contributed by atoms with Gasteiger partial charge in [0.25, 0.3) is 5.91 Å². The molecule has 0 spiro atoms. The maximum atomic E-state index is 12.0. The van der Waals surface area contributed by atoms with Crippen molar-refractivity contribution in [3.63, 3.8) is 0 Å². The molecule has 2 rings (SSSR count). The molecule has 5 heteroatoms. The van der Waals surface area contributed by atoms with E-state index in [9.17, 15) is 9.59 Å². The van der Waals surface area contributed by atoms with Gasteiger partial charge in [0.2, 0.25) is 0 Å². The van der Waals surface area contributed by atoms with Crippen molar-refractivity contribution >= 4 is 11.9 Å². The van der Waals surface area contributed by atoms with E-state index in [-0.39, 0.29) is 18.2 Å². The number of carbonyl (C=O) groups excluding carboxylic acids is 1. The molecule has 5 nitrogen and oxygen atoms in total. The summed E-state index contributed by atoms with van der Waals surface area (Å²) in [5.41, 5.74) is 3.09. The SMILES string of the molecule is CC(CCC(=O)O)CNC(=O)c1ccc2c(c1)CNC2. The minimum atomic E-state index is -0.797. The van der Waals surface area contributed by atoms with E-state index in [1.807, 2.05) is 25.1 Å². The molecule has 1 aromatic carbocycles. The predicted molar refractivity (Wildman–Crippen MR) is 75.4 cm³/mol. The zero-order valence-electron chi connectivity index (χ0n) is 11.6. The molecule has 20 heavy (non-hydrogen) atoms. The first-order chi connectivity index (χ1) is 9.56. The molecule has 1 amide bonds. The van der Waals surface area contributed by atoms with Gasteiger partial charge in [-0.1, -0.05) is 13.0 Å². The number of hydrogen-bond donors (Lipinski definition) is 3. The third-order valence-corrected chi connectivity index (χ3v) is 3.56. The lowest BCUT2D eigenvalue weighted by atomic mass is 10.0. The zero-order chi connectivity index (χ0) is 14.5. The molecule has 0 saturated carbocycles. The molecule has 1 aromatic rings. The van der Waals surface area contributed by atoms with Gasteiger partial charge < -0.3 is 15.7 Å². The Morgan fingerprint density at radius 1 is 1.35 bits per heavy atom. The Balaban J connectivity index is 1.84. The Bertz CT molecular complexity index is 514. The molecule has 3 N–H and O–H groups in total. The molecule has 1 atom stereocenters. The average molecular weight is 276 g/mol. The van der Waals surface area contributed by atoms with E-state index in [4.69, 9.17) is 5.11 Å². The summed E-state index contributed by atoms with van der Waals surface area (Å²) in [6.45, 7) is 4.12. The van der Waals surface area contributed by atoms with Crippen LogP contribution in [-0.2, 0) is 17.9 Å². The highest BCUT2D eigenvalue weighted by atomic mass is 16.4. The molecule has 1 aliphatic rings. The molecule has 0 saturated heterocycles. The maximum absolute atomic E-state index is 12.0. The summed E-state index contributed by atoms with van der Waals surface area (Å²) in [5, 5.41) is 14.7. The van der Waals surface area contributed by atoms with Crippen LogP contribution >= 0.6 is 0 Å². The number of hydrogen-bond acceptors (Lipinski definition) is 3. The van der Waals surface area contributed by atoms with Crippen molar-refractivity contribution in [1.29, 1.82) is 0 Å². The number of carboxylic acid groups (broad SMARTS) is 1. The van der Waals surface area contributed by atoms with Gasteiger partial charge in [-0.2, -0.15) is 0 Å². The third-order valence-electron chi connectivity index (χ3n) is 3.56. The number of amides is 1. The Kier molecular flexibility index (Phi) is 4.74. The van der Waals surface area contributed by atoms with Crippen molar-refractivity contribution in [2.75, 3.05) is 6.54 Å². The summed E-state index contributed by atoms with van der Waals surface area (Å²) in [7, 11) is 0. The van der Waals surface area contributed by atoms with Crippen LogP contribution in [0.25, 0.3) is 0 Å². The smallest absolute Gasteiger partial charge is 0.303 e. The van der Waals surface area contributed by atoms with Gasteiger partial charge in [-0.05, 0) is 35.6 Å². The molecule has 0 fully saturated rings. The molecule has 108 valence electrons. The third kappa shape index (κ3) is 3.81. The monoisotopic (exact) mass is 276 g/mol. The summed E-state index contributed by atoms with van der Waals surface area (Å²) < 4.78 is 0. The number of rotatable bonds is 6. The van der Waals surface area contributed by atoms with Gasteiger partial charge in [-0.15, -0.1) is 0 Å². The molecule has 0 radical (unpaired) electrons. The van der Waals surface area contributed by atoms with Gasteiger partial charge in [0.15, 0.2) is 0 Å². The van der Waals surface area contributed by atoms with E-state index in [0.29, 0.717) is 18.5 Å². The highest BCUT2D eigenvalue weighted by Gasteiger charge is 2.14. The summed E-state index contributed by atoms with van der Waals surface area (Å²) in [4.78, 5) is 22.5. The van der Waals surface area contributed by atoms with Gasteiger partial charge in [-0.25, -0.2) is 0 Å². The fourth-order valence-corrected chi connectivity index (χ4v) is 2.28. The van der Waals surface area contributed by atoms with Crippen LogP contribution < -0.4 is 10.6 Å². The van der Waals surface area contributed by atoms with Gasteiger partial charge in [0.05, 0.1) is 0 Å². The van der Waals surface area contributed by atoms with E-state index in [0.717, 1.165) is 13.1 Å². The lowest BCUT2D eigenvalue weighted by Gasteiger charge is -2.12. The normalized spacial score (nSPS) is 14.7. The number of carbonyl (C=O) groups is 2. The number of nitrogens with one attached hydrogen (secondary N) is 2. The molecule has 1 unspecified atom stereocenters. The molecule has 1 aliphatic heterocycles. The molecule has 0 aromatic heterocycles. The van der Waals surface area contributed by atoms with Crippen LogP contribution in [0.3, 0.4) is 0 Å². The van der Waals surface area contributed by atoms with Crippen molar-refractivity contribution in [2.24, 2.45) is 5.92 Å². The highest BCUT2D eigenvalue weighted by molar-refractivity contribution is 5.94. The van der Waals surface area contributed by atoms with Gasteiger partial charge in [-0.3, -0.25) is 9.59 Å². The molecule has 0 aliphatic carbocycles. The van der Waals surface area contributed by atoms with Crippen LogP contribution in [0.1, 0.15) is 41.3 Å². The Labute approximate surface area is 118 Å². The first kappa shape index (κ1) is 14.5. The minimum absolute atomic E-state index is 0.0955. The molecule has 1 heterocycles. The fraction of sp³-hybridized carbons (Fsp3) is 0.467. The first-order valence-electron chi connectivity index (χ1n) is 6.89. The maximum Gasteiger partial charge on any atom is 0.303 e. The van der Waals surface area contributed by atoms with Gasteiger partial charge in [0.1, 0.15) is 0 Å².